The fourth-order valence-corrected chi connectivity index (χ4v) is 1.40. The van der Waals surface area contributed by atoms with Gasteiger partial charge in [0.15, 0.2) is 12.2 Å². The van der Waals surface area contributed by atoms with Gasteiger partial charge in [-0.05, 0) is 20.8 Å². The van der Waals surface area contributed by atoms with E-state index in [0.29, 0.717) is 0 Å². The van der Waals surface area contributed by atoms with Crippen LogP contribution in [0.25, 0.3) is 0 Å². The molecular formula is C13H22O6. The zero-order chi connectivity index (χ0) is 14.9. The molecule has 0 aliphatic heterocycles. The highest BCUT2D eigenvalue weighted by Crippen LogP contribution is 2.29. The SMILES string of the molecule is C=C(CC(C)(C(=O)OCC)C(=O)OCC)OCOC. The van der Waals surface area contributed by atoms with E-state index in [1.807, 2.05) is 0 Å². The zero-order valence-electron chi connectivity index (χ0n) is 12.0. The molecule has 0 fully saturated rings. The maximum Gasteiger partial charge on any atom is 0.323 e. The highest BCUT2D eigenvalue weighted by Gasteiger charge is 2.45. The van der Waals surface area contributed by atoms with E-state index in [1.54, 1.807) is 13.8 Å². The van der Waals surface area contributed by atoms with Gasteiger partial charge >= 0.3 is 11.9 Å². The van der Waals surface area contributed by atoms with Crippen molar-refractivity contribution in [3.8, 4) is 0 Å². The Morgan fingerprint density at radius 3 is 1.89 bits per heavy atom. The summed E-state index contributed by atoms with van der Waals surface area (Å²) in [6.45, 7) is 8.79. The van der Waals surface area contributed by atoms with Crippen LogP contribution >= 0.6 is 0 Å². The van der Waals surface area contributed by atoms with Crippen LogP contribution in [0.1, 0.15) is 27.2 Å². The molecule has 0 saturated heterocycles. The molecule has 6 heteroatoms. The molecule has 0 radical (unpaired) electrons. The lowest BCUT2D eigenvalue weighted by atomic mass is 9.86. The lowest BCUT2D eigenvalue weighted by Crippen LogP contribution is -2.40. The molecule has 0 amide bonds. The number of hydrogen-bond donors (Lipinski definition) is 0. The number of methoxy groups -OCH3 is 1. The third kappa shape index (κ3) is 5.30. The van der Waals surface area contributed by atoms with Crippen LogP contribution < -0.4 is 0 Å². The monoisotopic (exact) mass is 274 g/mol. The third-order valence-corrected chi connectivity index (χ3v) is 2.38. The minimum Gasteiger partial charge on any atom is -0.472 e. The van der Waals surface area contributed by atoms with Gasteiger partial charge in [-0.15, -0.1) is 0 Å². The van der Waals surface area contributed by atoms with Crippen LogP contribution in [0.4, 0.5) is 0 Å². The molecule has 0 aromatic heterocycles. The van der Waals surface area contributed by atoms with Gasteiger partial charge in [0.1, 0.15) is 0 Å². The second kappa shape index (κ2) is 8.53. The molecule has 0 rings (SSSR count). The molecule has 0 saturated carbocycles. The standard InChI is InChI=1S/C13H22O6/c1-6-17-11(14)13(4,12(15)18-7-2)8-10(3)19-9-16-5/h3,6-9H2,1-2,4-5H3. The van der Waals surface area contributed by atoms with Gasteiger partial charge in [0.05, 0.1) is 19.0 Å². The maximum absolute atomic E-state index is 11.9. The van der Waals surface area contributed by atoms with Crippen molar-refractivity contribution in [3.05, 3.63) is 12.3 Å². The largest absolute Gasteiger partial charge is 0.472 e. The van der Waals surface area contributed by atoms with E-state index in [1.165, 1.54) is 14.0 Å². The fraction of sp³-hybridized carbons (Fsp3) is 0.692. The van der Waals surface area contributed by atoms with E-state index in [0.717, 1.165) is 0 Å². The van der Waals surface area contributed by atoms with Gasteiger partial charge in [0, 0.05) is 13.5 Å². The highest BCUT2D eigenvalue weighted by molar-refractivity contribution is 5.99. The molecule has 0 heterocycles. The third-order valence-electron chi connectivity index (χ3n) is 2.38. The first-order valence-corrected chi connectivity index (χ1v) is 6.06. The number of hydrogen-bond acceptors (Lipinski definition) is 6. The molecule has 0 aliphatic rings. The lowest BCUT2D eigenvalue weighted by Gasteiger charge is -2.25. The van der Waals surface area contributed by atoms with E-state index in [-0.39, 0.29) is 32.2 Å². The van der Waals surface area contributed by atoms with Gasteiger partial charge < -0.3 is 18.9 Å². The molecule has 0 bridgehead atoms. The summed E-state index contributed by atoms with van der Waals surface area (Å²) >= 11 is 0. The van der Waals surface area contributed by atoms with Crippen LogP contribution in [0, 0.1) is 5.41 Å². The Hall–Kier alpha value is -1.56. The van der Waals surface area contributed by atoms with Crippen molar-refractivity contribution in [2.45, 2.75) is 27.2 Å². The Balaban J connectivity index is 4.89. The predicted molar refractivity (Wildman–Crippen MR) is 68.1 cm³/mol. The molecule has 0 N–H and O–H groups in total. The number of ether oxygens (including phenoxy) is 4. The summed E-state index contributed by atoms with van der Waals surface area (Å²) in [6, 6.07) is 0. The molecule has 0 aliphatic carbocycles. The van der Waals surface area contributed by atoms with E-state index in [2.05, 4.69) is 6.58 Å². The number of rotatable bonds is 9. The molecule has 0 atom stereocenters. The molecule has 0 unspecified atom stereocenters. The Morgan fingerprint density at radius 2 is 1.53 bits per heavy atom. The quantitative estimate of drug-likeness (QED) is 0.275. The zero-order valence-corrected chi connectivity index (χ0v) is 12.0. The average molecular weight is 274 g/mol. The number of allylic oxidation sites excluding steroid dienone is 1. The van der Waals surface area contributed by atoms with Gasteiger partial charge in [-0.25, -0.2) is 0 Å². The van der Waals surface area contributed by atoms with Crippen molar-refractivity contribution >= 4 is 11.9 Å². The van der Waals surface area contributed by atoms with Crippen LogP contribution in [0.3, 0.4) is 0 Å². The summed E-state index contributed by atoms with van der Waals surface area (Å²) in [5, 5.41) is 0. The Morgan fingerprint density at radius 1 is 1.05 bits per heavy atom. The minimum atomic E-state index is -1.46. The van der Waals surface area contributed by atoms with Crippen molar-refractivity contribution in [3.63, 3.8) is 0 Å². The van der Waals surface area contributed by atoms with Crippen molar-refractivity contribution in [1.29, 1.82) is 0 Å². The van der Waals surface area contributed by atoms with Crippen LogP contribution in [-0.4, -0.2) is 39.1 Å². The van der Waals surface area contributed by atoms with Crippen LogP contribution in [-0.2, 0) is 28.5 Å². The summed E-state index contributed by atoms with van der Waals surface area (Å²) in [5.41, 5.74) is -1.46. The highest BCUT2D eigenvalue weighted by atomic mass is 16.7. The predicted octanol–water partition coefficient (Wildman–Crippen LogP) is 1.64. The summed E-state index contributed by atoms with van der Waals surface area (Å²) < 4.78 is 19.7. The molecule has 0 aromatic rings. The minimum absolute atomic E-state index is 0.000560. The van der Waals surface area contributed by atoms with Crippen LogP contribution in [0.5, 0.6) is 0 Å². The second-order valence-corrected chi connectivity index (χ2v) is 4.04. The molecule has 110 valence electrons. The van der Waals surface area contributed by atoms with E-state index < -0.39 is 17.4 Å². The first kappa shape index (κ1) is 17.4. The maximum atomic E-state index is 11.9. The van der Waals surface area contributed by atoms with Crippen LogP contribution in [0.15, 0.2) is 12.3 Å². The summed E-state index contributed by atoms with van der Waals surface area (Å²) in [5.74, 6) is -1.06. The summed E-state index contributed by atoms with van der Waals surface area (Å²) in [7, 11) is 1.46. The van der Waals surface area contributed by atoms with Gasteiger partial charge in [-0.2, -0.15) is 0 Å². The van der Waals surface area contributed by atoms with Gasteiger partial charge in [0.2, 0.25) is 0 Å². The Labute approximate surface area is 113 Å². The first-order chi connectivity index (χ1) is 8.92. The topological polar surface area (TPSA) is 71.1 Å². The van der Waals surface area contributed by atoms with Gasteiger partial charge in [-0.3, -0.25) is 9.59 Å². The molecular weight excluding hydrogens is 252 g/mol. The van der Waals surface area contributed by atoms with E-state index in [9.17, 15) is 9.59 Å². The lowest BCUT2D eigenvalue weighted by molar-refractivity contribution is -0.171. The normalized spacial score (nSPS) is 10.7. The molecule has 19 heavy (non-hydrogen) atoms. The second-order valence-electron chi connectivity index (χ2n) is 4.04. The molecule has 6 nitrogen and oxygen atoms in total. The van der Waals surface area contributed by atoms with Crippen LogP contribution in [0.2, 0.25) is 0 Å². The fourth-order valence-electron chi connectivity index (χ4n) is 1.40. The average Bonchev–Trinajstić information content (AvgIpc) is 2.36. The summed E-state index contributed by atoms with van der Waals surface area (Å²) in [6.07, 6.45) is -0.0198. The smallest absolute Gasteiger partial charge is 0.323 e. The van der Waals surface area contributed by atoms with Crippen molar-refractivity contribution < 1.29 is 28.5 Å². The van der Waals surface area contributed by atoms with E-state index in [4.69, 9.17) is 18.9 Å². The number of carbonyl (C=O) groups excluding carboxylic acids is 2. The van der Waals surface area contributed by atoms with Gasteiger partial charge in [-0.1, -0.05) is 6.58 Å². The molecule has 0 spiro atoms. The Bertz CT molecular complexity index is 305. The summed E-state index contributed by atoms with van der Waals surface area (Å²) in [4.78, 5) is 23.9. The van der Waals surface area contributed by atoms with Crippen molar-refractivity contribution in [1.82, 2.24) is 0 Å². The molecule has 0 aromatic carbocycles. The van der Waals surface area contributed by atoms with E-state index >= 15 is 0 Å². The Kier molecular flexibility index (Phi) is 7.83. The van der Waals surface area contributed by atoms with Crippen molar-refractivity contribution in [2.75, 3.05) is 27.1 Å². The van der Waals surface area contributed by atoms with Gasteiger partial charge in [0.25, 0.3) is 0 Å². The number of esters is 2. The van der Waals surface area contributed by atoms with Crippen molar-refractivity contribution in [2.24, 2.45) is 5.41 Å². The number of carbonyl (C=O) groups is 2. The first-order valence-electron chi connectivity index (χ1n) is 6.06.